The Morgan fingerprint density at radius 3 is 2.00 bits per heavy atom. The summed E-state index contributed by atoms with van der Waals surface area (Å²) in [4.78, 5) is 0. The Labute approximate surface area is 120 Å². The van der Waals surface area contributed by atoms with Crippen LogP contribution in [0.3, 0.4) is 0 Å². The Balaban J connectivity index is 2.62. The summed E-state index contributed by atoms with van der Waals surface area (Å²) in [6, 6.07) is 0.649. The van der Waals surface area contributed by atoms with Gasteiger partial charge >= 0.3 is 0 Å². The number of benzene rings is 2. The van der Waals surface area contributed by atoms with Crippen LogP contribution in [-0.4, -0.2) is 14.4 Å². The molecule has 0 saturated heterocycles. The Kier molecular flexibility index (Phi) is 4.34. The average molecular weight is 321 g/mol. The Morgan fingerprint density at radius 1 is 0.773 bits per heavy atom. The fourth-order valence-electron chi connectivity index (χ4n) is 1.77. The van der Waals surface area contributed by atoms with Gasteiger partial charge in [0.1, 0.15) is 5.82 Å². The van der Waals surface area contributed by atoms with Gasteiger partial charge in [0.05, 0.1) is 7.11 Å². The lowest BCUT2D eigenvalue weighted by atomic mass is 9.63. The second-order valence-electron chi connectivity index (χ2n) is 4.14. The summed E-state index contributed by atoms with van der Waals surface area (Å²) in [5.74, 6) is -13.3. The summed E-state index contributed by atoms with van der Waals surface area (Å²) in [6.07, 6.45) is 0. The first-order valence-electron chi connectivity index (χ1n) is 5.67. The first kappa shape index (κ1) is 16.2. The molecule has 0 bridgehead atoms. The molecule has 9 heteroatoms. The van der Waals surface area contributed by atoms with Gasteiger partial charge in [-0.2, -0.15) is 4.39 Å². The Bertz CT molecular complexity index is 748. The Hall–Kier alpha value is -2.19. The van der Waals surface area contributed by atoms with Crippen LogP contribution >= 0.6 is 0 Å². The summed E-state index contributed by atoms with van der Waals surface area (Å²) < 4.78 is 97.9. The predicted octanol–water partition coefficient (Wildman–Crippen LogP) is 2.32. The van der Waals surface area contributed by atoms with Crippen molar-refractivity contribution in [1.29, 1.82) is 0 Å². The molecule has 0 aliphatic carbocycles. The minimum absolute atomic E-state index is 0.214. The normalized spacial score (nSPS) is 10.7. The highest BCUT2D eigenvalue weighted by Gasteiger charge is 2.27. The van der Waals surface area contributed by atoms with E-state index in [-0.39, 0.29) is 6.07 Å². The third-order valence-corrected chi connectivity index (χ3v) is 2.78. The summed E-state index contributed by atoms with van der Waals surface area (Å²) >= 11 is 0. The van der Waals surface area contributed by atoms with Gasteiger partial charge in [0.15, 0.2) is 34.8 Å². The molecule has 0 heterocycles. The number of halogens is 7. The smallest absolute Gasteiger partial charge is 0.206 e. The van der Waals surface area contributed by atoms with Crippen molar-refractivity contribution in [2.75, 3.05) is 7.11 Å². The maximum Gasteiger partial charge on any atom is 0.206 e. The second-order valence-corrected chi connectivity index (χ2v) is 4.14. The van der Waals surface area contributed by atoms with Crippen molar-refractivity contribution in [2.45, 2.75) is 0 Å². The molecule has 2 rings (SSSR count). The second kappa shape index (κ2) is 5.90. The van der Waals surface area contributed by atoms with Crippen LogP contribution in [0.1, 0.15) is 0 Å². The topological polar surface area (TPSA) is 9.23 Å². The summed E-state index contributed by atoms with van der Waals surface area (Å²) in [6.45, 7) is 0. The van der Waals surface area contributed by atoms with Gasteiger partial charge in [-0.05, 0) is 17.0 Å². The van der Waals surface area contributed by atoms with Crippen molar-refractivity contribution in [1.82, 2.24) is 0 Å². The van der Waals surface area contributed by atoms with E-state index in [2.05, 4.69) is 4.74 Å². The third kappa shape index (κ3) is 2.62. The van der Waals surface area contributed by atoms with E-state index in [1.165, 1.54) is 0 Å². The molecule has 1 radical (unpaired) electrons. The largest absolute Gasteiger partial charge is 0.491 e. The highest BCUT2D eigenvalue weighted by atomic mass is 19.2. The summed E-state index contributed by atoms with van der Waals surface area (Å²) in [5.41, 5.74) is -2.12. The Morgan fingerprint density at radius 2 is 1.41 bits per heavy atom. The van der Waals surface area contributed by atoms with Crippen LogP contribution in [0.4, 0.5) is 30.7 Å². The molecule has 0 spiro atoms. The van der Waals surface area contributed by atoms with Crippen molar-refractivity contribution >= 4 is 18.2 Å². The van der Waals surface area contributed by atoms with E-state index in [0.29, 0.717) is 13.3 Å². The van der Waals surface area contributed by atoms with Crippen LogP contribution in [0.2, 0.25) is 0 Å². The van der Waals surface area contributed by atoms with E-state index in [1.54, 1.807) is 0 Å². The van der Waals surface area contributed by atoms with Gasteiger partial charge in [-0.15, -0.1) is 0 Å². The van der Waals surface area contributed by atoms with Crippen molar-refractivity contribution in [3.8, 4) is 5.75 Å². The molecule has 0 fully saturated rings. The van der Waals surface area contributed by atoms with Gasteiger partial charge in [-0.3, -0.25) is 0 Å². The van der Waals surface area contributed by atoms with Crippen molar-refractivity contribution in [3.63, 3.8) is 0 Å². The van der Waals surface area contributed by atoms with Gasteiger partial charge in [-0.25, -0.2) is 26.3 Å². The third-order valence-electron chi connectivity index (χ3n) is 2.78. The molecular weight excluding hydrogens is 316 g/mol. The lowest BCUT2D eigenvalue weighted by molar-refractivity contribution is 0.338. The maximum atomic E-state index is 13.9. The monoisotopic (exact) mass is 321 g/mol. The molecule has 0 aromatic heterocycles. The van der Waals surface area contributed by atoms with Crippen molar-refractivity contribution < 1.29 is 35.5 Å². The van der Waals surface area contributed by atoms with Crippen LogP contribution in [0, 0.1) is 40.7 Å². The van der Waals surface area contributed by atoms with Crippen LogP contribution < -0.4 is 15.7 Å². The zero-order chi connectivity index (χ0) is 16.6. The quantitative estimate of drug-likeness (QED) is 0.365. The fraction of sp³-hybridized carbons (Fsp3) is 0.0769. The van der Waals surface area contributed by atoms with Crippen LogP contribution in [-0.2, 0) is 0 Å². The molecule has 115 valence electrons. The molecule has 0 aliphatic rings. The van der Waals surface area contributed by atoms with Crippen molar-refractivity contribution in [3.05, 3.63) is 52.9 Å². The number of hydrogen-bond acceptors (Lipinski definition) is 1. The van der Waals surface area contributed by atoms with Gasteiger partial charge in [0, 0.05) is 6.07 Å². The lowest BCUT2D eigenvalue weighted by Gasteiger charge is -2.11. The molecule has 0 amide bonds. The molecule has 2 aromatic rings. The fourth-order valence-corrected chi connectivity index (χ4v) is 1.77. The van der Waals surface area contributed by atoms with Gasteiger partial charge in [-0.1, -0.05) is 0 Å². The molecule has 0 saturated carbocycles. The highest BCUT2D eigenvalue weighted by molar-refractivity contribution is 6.67. The van der Waals surface area contributed by atoms with Crippen LogP contribution in [0.15, 0.2) is 12.1 Å². The van der Waals surface area contributed by atoms with E-state index in [4.69, 9.17) is 0 Å². The van der Waals surface area contributed by atoms with Gasteiger partial charge < -0.3 is 4.74 Å². The van der Waals surface area contributed by atoms with E-state index in [0.717, 1.165) is 7.11 Å². The zero-order valence-corrected chi connectivity index (χ0v) is 10.8. The summed E-state index contributed by atoms with van der Waals surface area (Å²) in [5, 5.41) is 0. The van der Waals surface area contributed by atoms with E-state index >= 15 is 0 Å². The van der Waals surface area contributed by atoms with Crippen LogP contribution in [0.5, 0.6) is 5.75 Å². The SMILES string of the molecule is COc1c(F)c(F)c(F)c([B]c2cc(F)cc(F)c2F)c1F. The van der Waals surface area contributed by atoms with Gasteiger partial charge in [0.25, 0.3) is 0 Å². The molecule has 0 atom stereocenters. The van der Waals surface area contributed by atoms with Crippen LogP contribution in [0.25, 0.3) is 0 Å². The average Bonchev–Trinajstić information content (AvgIpc) is 2.46. The lowest BCUT2D eigenvalue weighted by Crippen LogP contribution is -2.36. The minimum Gasteiger partial charge on any atom is -0.491 e. The van der Waals surface area contributed by atoms with E-state index in [9.17, 15) is 30.7 Å². The number of methoxy groups -OCH3 is 1. The minimum atomic E-state index is -2.07. The highest BCUT2D eigenvalue weighted by Crippen LogP contribution is 2.24. The maximum absolute atomic E-state index is 13.9. The van der Waals surface area contributed by atoms with Crippen molar-refractivity contribution in [2.24, 2.45) is 0 Å². The molecule has 1 nitrogen and oxygen atoms in total. The van der Waals surface area contributed by atoms with E-state index in [1.807, 2.05) is 0 Å². The number of hydrogen-bond donors (Lipinski definition) is 0. The summed E-state index contributed by atoms with van der Waals surface area (Å²) in [7, 11) is 1.10. The molecule has 0 unspecified atom stereocenters. The predicted molar refractivity (Wildman–Crippen MR) is 64.2 cm³/mol. The number of rotatable bonds is 3. The zero-order valence-electron chi connectivity index (χ0n) is 10.8. The van der Waals surface area contributed by atoms with E-state index < -0.39 is 57.4 Å². The van der Waals surface area contributed by atoms with Gasteiger partial charge in [0.2, 0.25) is 13.1 Å². The molecule has 0 N–H and O–H groups in total. The molecule has 2 aromatic carbocycles. The molecule has 22 heavy (non-hydrogen) atoms. The number of ether oxygens (including phenoxy) is 1. The molecular formula is C13H5BF7O. The first-order valence-corrected chi connectivity index (χ1v) is 5.67. The first-order chi connectivity index (χ1) is 10.3. The standard InChI is InChI=1S/C13H5BF7O/c1-22-13-10(19)7(9(18)11(20)12(13)21)14-5-2-4(15)3-6(16)8(5)17/h2-3H,1H3. The molecule has 0 aliphatic heterocycles.